The number of hydrogen-bond acceptors (Lipinski definition) is 5. The molecular weight excluding hydrogens is 242 g/mol. The van der Waals surface area contributed by atoms with Crippen LogP contribution in [0.15, 0.2) is 35.8 Å². The van der Waals surface area contributed by atoms with Crippen molar-refractivity contribution in [3.63, 3.8) is 0 Å². The van der Waals surface area contributed by atoms with Crippen LogP contribution in [0, 0.1) is 0 Å². The van der Waals surface area contributed by atoms with Crippen LogP contribution in [0.1, 0.15) is 24.3 Å². The van der Waals surface area contributed by atoms with Gasteiger partial charge < -0.3 is 4.90 Å². The average molecular weight is 257 g/mol. The van der Waals surface area contributed by atoms with E-state index in [1.807, 2.05) is 12.4 Å². The zero-order chi connectivity index (χ0) is 13.1. The van der Waals surface area contributed by atoms with Gasteiger partial charge in [0.2, 0.25) is 5.95 Å². The van der Waals surface area contributed by atoms with Crippen molar-refractivity contribution in [3.8, 4) is 0 Å². The Morgan fingerprint density at radius 2 is 1.95 bits per heavy atom. The summed E-state index contributed by atoms with van der Waals surface area (Å²) in [5.41, 5.74) is 1.08. The molecule has 0 aliphatic carbocycles. The van der Waals surface area contributed by atoms with Crippen molar-refractivity contribution in [2.45, 2.75) is 18.8 Å². The molecule has 3 rings (SSSR count). The third kappa shape index (κ3) is 2.62. The van der Waals surface area contributed by atoms with Crippen molar-refractivity contribution in [2.24, 2.45) is 0 Å². The molecule has 0 unspecified atom stereocenters. The average Bonchev–Trinajstić information content (AvgIpc) is 2.48. The monoisotopic (exact) mass is 257 g/mol. The van der Waals surface area contributed by atoms with Gasteiger partial charge in [0.1, 0.15) is 6.33 Å². The minimum absolute atomic E-state index is 0.108. The minimum atomic E-state index is -0.108. The Morgan fingerprint density at radius 1 is 1.21 bits per heavy atom. The molecular formula is C13H15N5O. The van der Waals surface area contributed by atoms with Crippen LogP contribution in [0.25, 0.3) is 0 Å². The van der Waals surface area contributed by atoms with Crippen LogP contribution in [0.4, 0.5) is 5.95 Å². The molecule has 2 aromatic rings. The van der Waals surface area contributed by atoms with Crippen LogP contribution in [0.5, 0.6) is 0 Å². The highest BCUT2D eigenvalue weighted by molar-refractivity contribution is 5.30. The zero-order valence-electron chi connectivity index (χ0n) is 10.5. The molecule has 6 nitrogen and oxygen atoms in total. The van der Waals surface area contributed by atoms with E-state index in [0.717, 1.165) is 25.9 Å². The largest absolute Gasteiger partial charge is 0.342 e. The normalized spacial score (nSPS) is 16.5. The Labute approximate surface area is 110 Å². The van der Waals surface area contributed by atoms with Crippen LogP contribution in [0.3, 0.4) is 0 Å². The molecule has 0 aromatic carbocycles. The number of aromatic amines is 1. The number of hydrogen-bond donors (Lipinski definition) is 1. The maximum Gasteiger partial charge on any atom is 0.252 e. The molecule has 0 spiro atoms. The number of rotatable bonds is 2. The number of piperidine rings is 1. The molecule has 0 radical (unpaired) electrons. The second-order valence-electron chi connectivity index (χ2n) is 4.69. The molecule has 0 saturated carbocycles. The van der Waals surface area contributed by atoms with Gasteiger partial charge in [0, 0.05) is 37.7 Å². The summed E-state index contributed by atoms with van der Waals surface area (Å²) in [5, 5.41) is 0. The number of anilines is 1. The maximum absolute atomic E-state index is 11.3. The van der Waals surface area contributed by atoms with Gasteiger partial charge >= 0.3 is 0 Å². The highest BCUT2D eigenvalue weighted by atomic mass is 16.1. The Hall–Kier alpha value is -2.24. The van der Waals surface area contributed by atoms with Crippen molar-refractivity contribution >= 4 is 5.95 Å². The van der Waals surface area contributed by atoms with Crippen molar-refractivity contribution in [2.75, 3.05) is 18.0 Å². The molecule has 98 valence electrons. The smallest absolute Gasteiger partial charge is 0.252 e. The van der Waals surface area contributed by atoms with E-state index in [2.05, 4.69) is 24.8 Å². The molecule has 2 aromatic heterocycles. The fraction of sp³-hybridized carbons (Fsp3) is 0.385. The topological polar surface area (TPSA) is 74.8 Å². The summed E-state index contributed by atoms with van der Waals surface area (Å²) in [7, 11) is 0. The fourth-order valence-corrected chi connectivity index (χ4v) is 2.47. The van der Waals surface area contributed by atoms with E-state index in [0.29, 0.717) is 11.9 Å². The van der Waals surface area contributed by atoms with Crippen LogP contribution in [0.2, 0.25) is 0 Å². The van der Waals surface area contributed by atoms with Crippen molar-refractivity contribution in [3.05, 3.63) is 46.9 Å². The second kappa shape index (κ2) is 5.17. The van der Waals surface area contributed by atoms with Gasteiger partial charge in [-0.3, -0.25) is 9.78 Å². The lowest BCUT2D eigenvalue weighted by molar-refractivity contribution is 0.497. The summed E-state index contributed by atoms with van der Waals surface area (Å²) in [5.74, 6) is 1.16. The first kappa shape index (κ1) is 11.8. The molecule has 6 heteroatoms. The van der Waals surface area contributed by atoms with Gasteiger partial charge in [-0.25, -0.2) is 15.0 Å². The van der Waals surface area contributed by atoms with Crippen molar-refractivity contribution in [1.82, 2.24) is 19.9 Å². The van der Waals surface area contributed by atoms with E-state index in [9.17, 15) is 4.79 Å². The Bertz CT molecular complexity index is 589. The first-order valence-corrected chi connectivity index (χ1v) is 6.38. The molecule has 0 amide bonds. The van der Waals surface area contributed by atoms with E-state index in [4.69, 9.17) is 0 Å². The lowest BCUT2D eigenvalue weighted by atomic mass is 9.91. The van der Waals surface area contributed by atoms with Gasteiger partial charge in [-0.15, -0.1) is 0 Å². The predicted octanol–water partition coefficient (Wildman–Crippen LogP) is 0.944. The lowest BCUT2D eigenvalue weighted by Crippen LogP contribution is -2.35. The summed E-state index contributed by atoms with van der Waals surface area (Å²) in [6, 6.07) is 1.43. The Kier molecular flexibility index (Phi) is 3.22. The first-order valence-electron chi connectivity index (χ1n) is 6.38. The van der Waals surface area contributed by atoms with E-state index in [1.54, 1.807) is 12.5 Å². The van der Waals surface area contributed by atoms with Gasteiger partial charge in [0.15, 0.2) is 0 Å². The summed E-state index contributed by atoms with van der Waals surface area (Å²) < 4.78 is 0. The van der Waals surface area contributed by atoms with Gasteiger partial charge in [-0.05, 0) is 24.3 Å². The Balaban J connectivity index is 1.68. The summed E-state index contributed by atoms with van der Waals surface area (Å²) in [6.45, 7) is 1.76. The van der Waals surface area contributed by atoms with Crippen molar-refractivity contribution < 1.29 is 0 Å². The fourth-order valence-electron chi connectivity index (χ4n) is 2.47. The lowest BCUT2D eigenvalue weighted by Gasteiger charge is -2.32. The van der Waals surface area contributed by atoms with Gasteiger partial charge in [-0.1, -0.05) is 0 Å². The van der Waals surface area contributed by atoms with Crippen LogP contribution < -0.4 is 10.5 Å². The van der Waals surface area contributed by atoms with E-state index in [1.165, 1.54) is 11.6 Å². The number of nitrogens with one attached hydrogen (secondary N) is 1. The first-order chi connectivity index (χ1) is 9.33. The predicted molar refractivity (Wildman–Crippen MR) is 71.1 cm³/mol. The molecule has 3 heterocycles. The number of aromatic nitrogens is 4. The molecule has 1 saturated heterocycles. The molecule has 0 atom stereocenters. The highest BCUT2D eigenvalue weighted by Crippen LogP contribution is 2.27. The van der Waals surface area contributed by atoms with Gasteiger partial charge in [0.05, 0.1) is 0 Å². The third-order valence-electron chi connectivity index (χ3n) is 3.50. The third-order valence-corrected chi connectivity index (χ3v) is 3.50. The van der Waals surface area contributed by atoms with Crippen LogP contribution >= 0.6 is 0 Å². The quantitative estimate of drug-likeness (QED) is 0.866. The molecule has 1 aliphatic heterocycles. The molecule has 0 bridgehead atoms. The summed E-state index contributed by atoms with van der Waals surface area (Å²) in [4.78, 5) is 28.5. The Morgan fingerprint density at radius 3 is 2.63 bits per heavy atom. The minimum Gasteiger partial charge on any atom is -0.342 e. The maximum atomic E-state index is 11.3. The number of H-pyrrole nitrogens is 1. The van der Waals surface area contributed by atoms with E-state index >= 15 is 0 Å². The molecule has 1 N–H and O–H groups in total. The van der Waals surface area contributed by atoms with Crippen molar-refractivity contribution in [1.29, 1.82) is 0 Å². The zero-order valence-corrected chi connectivity index (χ0v) is 10.5. The number of nitrogens with zero attached hydrogens (tertiary/aromatic N) is 4. The molecule has 1 fully saturated rings. The summed E-state index contributed by atoms with van der Waals surface area (Å²) in [6.07, 6.45) is 8.91. The standard InChI is InChI=1S/C13H15N5O/c19-12-1-4-16-13(17-12)18-5-2-10(3-6-18)11-7-14-9-15-8-11/h1,4,7-10H,2-3,5-6H2,(H,16,17,19). The van der Waals surface area contributed by atoms with E-state index < -0.39 is 0 Å². The highest BCUT2D eigenvalue weighted by Gasteiger charge is 2.22. The van der Waals surface area contributed by atoms with Gasteiger partial charge in [-0.2, -0.15) is 0 Å². The molecule has 19 heavy (non-hydrogen) atoms. The molecule has 1 aliphatic rings. The van der Waals surface area contributed by atoms with Crippen LogP contribution in [-0.4, -0.2) is 33.0 Å². The van der Waals surface area contributed by atoms with Gasteiger partial charge in [0.25, 0.3) is 5.56 Å². The summed E-state index contributed by atoms with van der Waals surface area (Å²) >= 11 is 0. The van der Waals surface area contributed by atoms with E-state index in [-0.39, 0.29) is 5.56 Å². The SMILES string of the molecule is O=c1ccnc(N2CCC(c3cncnc3)CC2)[nH]1. The van der Waals surface area contributed by atoms with Crippen LogP contribution in [-0.2, 0) is 0 Å². The second-order valence-corrected chi connectivity index (χ2v) is 4.69.